The molecule has 0 fully saturated rings. The molecular weight excluding hydrogens is 344 g/mol. The Morgan fingerprint density at radius 3 is 2.21 bits per heavy atom. The van der Waals surface area contributed by atoms with E-state index >= 15 is 0 Å². The molecule has 3 rings (SSSR count). The summed E-state index contributed by atoms with van der Waals surface area (Å²) in [6.07, 6.45) is 9.58. The van der Waals surface area contributed by atoms with Crippen LogP contribution in [0.2, 0.25) is 0 Å². The zero-order valence-corrected chi connectivity index (χ0v) is 15.1. The molecule has 0 aliphatic heterocycles. The third-order valence-electron chi connectivity index (χ3n) is 3.79. The molecule has 7 nitrogen and oxygen atoms in total. The van der Waals surface area contributed by atoms with Crippen molar-refractivity contribution in [1.82, 2.24) is 20.4 Å². The van der Waals surface area contributed by atoms with Crippen LogP contribution in [0.1, 0.15) is 35.7 Å². The molecule has 2 N–H and O–H groups in total. The summed E-state index contributed by atoms with van der Waals surface area (Å²) in [5, 5.41) is 25.7. The van der Waals surface area contributed by atoms with Crippen LogP contribution in [0.25, 0.3) is 0 Å². The maximum Gasteiger partial charge on any atom is 0.229 e. The fourth-order valence-corrected chi connectivity index (χ4v) is 3.97. The second kappa shape index (κ2) is 8.29. The molecule has 2 aromatic rings. The molecule has 9 heteroatoms. The van der Waals surface area contributed by atoms with Crippen LogP contribution < -0.4 is 10.6 Å². The minimum Gasteiger partial charge on any atom is -0.363 e. The zero-order chi connectivity index (χ0) is 16.8. The highest BCUT2D eigenvalue weighted by Gasteiger charge is 2.20. The number of aromatic nitrogens is 4. The number of carbonyl (C=O) groups excluding carboxylic acids is 1. The van der Waals surface area contributed by atoms with Crippen molar-refractivity contribution in [3.63, 3.8) is 0 Å². The Labute approximate surface area is 148 Å². The molecule has 0 aromatic carbocycles. The van der Waals surface area contributed by atoms with Gasteiger partial charge >= 0.3 is 0 Å². The van der Waals surface area contributed by atoms with Crippen molar-refractivity contribution in [2.45, 2.75) is 38.5 Å². The first-order valence-electron chi connectivity index (χ1n) is 8.03. The highest BCUT2D eigenvalue weighted by atomic mass is 32.1. The molecule has 1 amide bonds. The Bertz CT molecular complexity index is 702. The van der Waals surface area contributed by atoms with Gasteiger partial charge in [0.1, 0.15) is 10.0 Å². The highest BCUT2D eigenvalue weighted by molar-refractivity contribution is 7.15. The van der Waals surface area contributed by atoms with Crippen LogP contribution in [0.5, 0.6) is 0 Å². The van der Waals surface area contributed by atoms with Gasteiger partial charge in [0.25, 0.3) is 0 Å². The summed E-state index contributed by atoms with van der Waals surface area (Å²) < 4.78 is 0. The lowest BCUT2D eigenvalue weighted by molar-refractivity contribution is -0.119. The van der Waals surface area contributed by atoms with Gasteiger partial charge in [-0.25, -0.2) is 0 Å². The third-order valence-corrected chi connectivity index (χ3v) is 5.69. The van der Waals surface area contributed by atoms with Crippen molar-refractivity contribution in [1.29, 1.82) is 0 Å². The maximum atomic E-state index is 12.0. The third kappa shape index (κ3) is 4.57. The Kier molecular flexibility index (Phi) is 5.86. The van der Waals surface area contributed by atoms with E-state index in [1.807, 2.05) is 19.2 Å². The molecule has 24 heavy (non-hydrogen) atoms. The quantitative estimate of drug-likeness (QED) is 0.553. The molecule has 0 saturated carbocycles. The number of hydrogen-bond donors (Lipinski definition) is 2. The normalized spacial score (nSPS) is 14.2. The molecule has 0 spiro atoms. The number of nitrogens with one attached hydrogen (secondary N) is 2. The van der Waals surface area contributed by atoms with Crippen molar-refractivity contribution >= 4 is 38.8 Å². The number of nitrogens with zero attached hydrogens (tertiary/aromatic N) is 4. The van der Waals surface area contributed by atoms with Crippen molar-refractivity contribution in [2.24, 2.45) is 5.92 Å². The molecule has 2 aromatic heterocycles. The maximum absolute atomic E-state index is 12.0. The van der Waals surface area contributed by atoms with Crippen molar-refractivity contribution < 1.29 is 4.79 Å². The van der Waals surface area contributed by atoms with Gasteiger partial charge < -0.3 is 10.6 Å². The number of aryl methyl sites for hydroxylation is 2. The van der Waals surface area contributed by atoms with Crippen molar-refractivity contribution in [3.8, 4) is 0 Å². The second-order valence-corrected chi connectivity index (χ2v) is 7.71. The molecule has 0 unspecified atom stereocenters. The van der Waals surface area contributed by atoms with Gasteiger partial charge in [-0.1, -0.05) is 34.8 Å². The standard InChI is InChI=1S/C15H20N6OS2/c1-16-14-20-18-11(23-14)8-4-5-9-12-19-21-15(24-12)17-13(22)10-6-2-3-7-10/h2-3,10H,4-9H2,1H3,(H,16,20)(H,17,21,22). The summed E-state index contributed by atoms with van der Waals surface area (Å²) >= 11 is 3.05. The SMILES string of the molecule is CNc1nnc(CCCCc2nnc(NC(=O)C3CC=CC3)s2)s1. The number of rotatable bonds is 8. The summed E-state index contributed by atoms with van der Waals surface area (Å²) in [6.45, 7) is 0. The number of allylic oxidation sites excluding steroid dienone is 2. The topological polar surface area (TPSA) is 92.7 Å². The molecule has 0 atom stereocenters. The largest absolute Gasteiger partial charge is 0.363 e. The molecule has 128 valence electrons. The summed E-state index contributed by atoms with van der Waals surface area (Å²) in [6, 6.07) is 0. The summed E-state index contributed by atoms with van der Waals surface area (Å²) in [7, 11) is 1.85. The van der Waals surface area contributed by atoms with E-state index in [0.717, 1.165) is 53.7 Å². The average Bonchev–Trinajstić information content (AvgIpc) is 3.33. The molecule has 1 aliphatic carbocycles. The van der Waals surface area contributed by atoms with E-state index in [-0.39, 0.29) is 11.8 Å². The molecule has 0 saturated heterocycles. The van der Waals surface area contributed by atoms with Crippen LogP contribution in [-0.4, -0.2) is 33.3 Å². The molecule has 1 aliphatic rings. The fourth-order valence-electron chi connectivity index (χ4n) is 2.45. The minimum absolute atomic E-state index is 0.0410. The first-order chi connectivity index (χ1) is 11.7. The lowest BCUT2D eigenvalue weighted by Gasteiger charge is -2.06. The number of hydrogen-bond acceptors (Lipinski definition) is 8. The van der Waals surface area contributed by atoms with Crippen LogP contribution in [0.4, 0.5) is 10.3 Å². The number of amides is 1. The van der Waals surface area contributed by atoms with Crippen LogP contribution in [0.3, 0.4) is 0 Å². The molecule has 0 bridgehead atoms. The first kappa shape index (κ1) is 17.0. The van der Waals surface area contributed by atoms with Gasteiger partial charge in [0.2, 0.25) is 16.2 Å². The highest BCUT2D eigenvalue weighted by Crippen LogP contribution is 2.23. The molecule has 2 heterocycles. The lowest BCUT2D eigenvalue weighted by atomic mass is 10.1. The second-order valence-electron chi connectivity index (χ2n) is 5.59. The van der Waals surface area contributed by atoms with Crippen molar-refractivity contribution in [3.05, 3.63) is 22.2 Å². The predicted molar refractivity (Wildman–Crippen MR) is 96.5 cm³/mol. The van der Waals surface area contributed by atoms with E-state index in [1.54, 1.807) is 11.3 Å². The molecule has 0 radical (unpaired) electrons. The van der Waals surface area contributed by atoms with Crippen LogP contribution in [0.15, 0.2) is 12.2 Å². The van der Waals surface area contributed by atoms with E-state index in [0.29, 0.717) is 5.13 Å². The van der Waals surface area contributed by atoms with Gasteiger partial charge in [0, 0.05) is 25.8 Å². The summed E-state index contributed by atoms with van der Waals surface area (Å²) in [4.78, 5) is 12.0. The number of carbonyl (C=O) groups is 1. The monoisotopic (exact) mass is 364 g/mol. The van der Waals surface area contributed by atoms with Gasteiger partial charge in [-0.15, -0.1) is 20.4 Å². The smallest absolute Gasteiger partial charge is 0.229 e. The predicted octanol–water partition coefficient (Wildman–Crippen LogP) is 2.90. The number of unbranched alkanes of at least 4 members (excludes halogenated alkanes) is 1. The van der Waals surface area contributed by atoms with E-state index in [2.05, 4.69) is 31.0 Å². The van der Waals surface area contributed by atoms with Gasteiger partial charge in [0.05, 0.1) is 0 Å². The van der Waals surface area contributed by atoms with Crippen molar-refractivity contribution in [2.75, 3.05) is 17.7 Å². The Morgan fingerprint density at radius 1 is 1.04 bits per heavy atom. The van der Waals surface area contributed by atoms with E-state index in [4.69, 9.17) is 0 Å². The Morgan fingerprint density at radius 2 is 1.62 bits per heavy atom. The average molecular weight is 365 g/mol. The van der Waals surface area contributed by atoms with Gasteiger partial charge in [-0.3, -0.25) is 4.79 Å². The summed E-state index contributed by atoms with van der Waals surface area (Å²) in [5.74, 6) is 0.0889. The Balaban J connectivity index is 1.38. The van der Waals surface area contributed by atoms with Gasteiger partial charge in [0.15, 0.2) is 0 Å². The Hall–Kier alpha value is -1.87. The van der Waals surface area contributed by atoms with E-state index in [9.17, 15) is 4.79 Å². The van der Waals surface area contributed by atoms with E-state index < -0.39 is 0 Å². The van der Waals surface area contributed by atoms with Gasteiger partial charge in [-0.2, -0.15) is 0 Å². The van der Waals surface area contributed by atoms with Gasteiger partial charge in [-0.05, 0) is 25.7 Å². The molecular formula is C15H20N6OS2. The van der Waals surface area contributed by atoms with Crippen LogP contribution >= 0.6 is 22.7 Å². The number of anilines is 2. The van der Waals surface area contributed by atoms with E-state index in [1.165, 1.54) is 11.3 Å². The van der Waals surface area contributed by atoms with Crippen LogP contribution in [-0.2, 0) is 17.6 Å². The first-order valence-corrected chi connectivity index (χ1v) is 9.66. The summed E-state index contributed by atoms with van der Waals surface area (Å²) in [5.41, 5.74) is 0. The zero-order valence-electron chi connectivity index (χ0n) is 13.5. The van der Waals surface area contributed by atoms with Crippen LogP contribution in [0, 0.1) is 5.92 Å². The minimum atomic E-state index is 0.0410. The fraction of sp³-hybridized carbons (Fsp3) is 0.533. The lowest BCUT2D eigenvalue weighted by Crippen LogP contribution is -2.20.